The highest BCUT2D eigenvalue weighted by Gasteiger charge is 2.04. The topological polar surface area (TPSA) is 32.3 Å². The first-order valence-corrected chi connectivity index (χ1v) is 3.77. The lowest BCUT2D eigenvalue weighted by molar-refractivity contribution is 0.431. The van der Waals surface area contributed by atoms with Crippen molar-refractivity contribution in [1.29, 1.82) is 0 Å². The predicted octanol–water partition coefficient (Wildman–Crippen LogP) is 1.56. The molecule has 0 spiro atoms. The van der Waals surface area contributed by atoms with Crippen LogP contribution in [0.3, 0.4) is 0 Å². The van der Waals surface area contributed by atoms with Gasteiger partial charge in [-0.1, -0.05) is 0 Å². The first-order valence-electron chi connectivity index (χ1n) is 3.77. The van der Waals surface area contributed by atoms with Crippen molar-refractivity contribution in [3.8, 4) is 5.75 Å². The summed E-state index contributed by atoms with van der Waals surface area (Å²) >= 11 is 0. The molecule has 0 radical (unpaired) electrons. The number of nitrogens with one attached hydrogen (secondary N) is 1. The van der Waals surface area contributed by atoms with E-state index in [-0.39, 0.29) is 5.75 Å². The lowest BCUT2D eigenvalue weighted by Crippen LogP contribution is -2.06. The van der Waals surface area contributed by atoms with E-state index >= 15 is 0 Å². The smallest absolute Gasteiger partial charge is 0.165 e. The van der Waals surface area contributed by atoms with Crippen LogP contribution in [-0.4, -0.2) is 12.2 Å². The van der Waals surface area contributed by atoms with Crippen LogP contribution in [-0.2, 0) is 6.54 Å². The Kier molecular flexibility index (Phi) is 2.65. The highest BCUT2D eigenvalue weighted by molar-refractivity contribution is 5.35. The van der Waals surface area contributed by atoms with E-state index < -0.39 is 5.82 Å². The van der Waals surface area contributed by atoms with Crippen molar-refractivity contribution >= 4 is 0 Å². The molecule has 0 saturated heterocycles. The van der Waals surface area contributed by atoms with Crippen LogP contribution in [0.25, 0.3) is 0 Å². The van der Waals surface area contributed by atoms with Gasteiger partial charge in [0.1, 0.15) is 0 Å². The average molecular weight is 169 g/mol. The molecule has 0 atom stereocenters. The fourth-order valence-corrected chi connectivity index (χ4v) is 1.09. The summed E-state index contributed by atoms with van der Waals surface area (Å²) in [4.78, 5) is 0. The molecule has 2 N–H and O–H groups in total. The number of aryl methyl sites for hydroxylation is 1. The zero-order valence-electron chi connectivity index (χ0n) is 7.19. The van der Waals surface area contributed by atoms with Crippen LogP contribution in [0.5, 0.6) is 5.75 Å². The van der Waals surface area contributed by atoms with Crippen molar-refractivity contribution in [3.05, 3.63) is 29.1 Å². The molecule has 0 aliphatic heterocycles. The number of hydrogen-bond acceptors (Lipinski definition) is 2. The second-order valence-corrected chi connectivity index (χ2v) is 2.76. The quantitative estimate of drug-likeness (QED) is 0.704. The summed E-state index contributed by atoms with van der Waals surface area (Å²) in [6.45, 7) is 2.45. The molecule has 1 aromatic carbocycles. The Morgan fingerprint density at radius 2 is 2.17 bits per heavy atom. The Labute approximate surface area is 71.0 Å². The lowest BCUT2D eigenvalue weighted by Gasteiger charge is -2.05. The molecule has 0 aromatic heterocycles. The average Bonchev–Trinajstić information content (AvgIpc) is 2.01. The predicted molar refractivity (Wildman–Crippen MR) is 45.6 cm³/mol. The first kappa shape index (κ1) is 9.00. The van der Waals surface area contributed by atoms with Crippen LogP contribution >= 0.6 is 0 Å². The molecule has 1 rings (SSSR count). The van der Waals surface area contributed by atoms with E-state index in [0.717, 1.165) is 11.1 Å². The number of benzene rings is 1. The van der Waals surface area contributed by atoms with Gasteiger partial charge in [0, 0.05) is 6.54 Å². The number of aromatic hydroxyl groups is 1. The summed E-state index contributed by atoms with van der Waals surface area (Å²) in [5, 5.41) is 11.9. The van der Waals surface area contributed by atoms with Gasteiger partial charge in [-0.2, -0.15) is 0 Å². The zero-order chi connectivity index (χ0) is 9.14. The van der Waals surface area contributed by atoms with Crippen molar-refractivity contribution in [3.63, 3.8) is 0 Å². The summed E-state index contributed by atoms with van der Waals surface area (Å²) in [6, 6.07) is 2.78. The van der Waals surface area contributed by atoms with Crippen LogP contribution in [0.1, 0.15) is 11.1 Å². The summed E-state index contributed by atoms with van der Waals surface area (Å²) in [6.07, 6.45) is 0. The molecule has 3 heteroatoms. The molecule has 0 aliphatic carbocycles. The monoisotopic (exact) mass is 169 g/mol. The van der Waals surface area contributed by atoms with Gasteiger partial charge < -0.3 is 10.4 Å². The molecule has 0 amide bonds. The van der Waals surface area contributed by atoms with Gasteiger partial charge >= 0.3 is 0 Å². The van der Waals surface area contributed by atoms with Crippen molar-refractivity contribution in [2.24, 2.45) is 0 Å². The molecule has 0 aliphatic rings. The van der Waals surface area contributed by atoms with Crippen molar-refractivity contribution in [2.45, 2.75) is 13.5 Å². The third-order valence-corrected chi connectivity index (χ3v) is 1.77. The van der Waals surface area contributed by atoms with E-state index in [1.165, 1.54) is 12.1 Å². The van der Waals surface area contributed by atoms with Crippen LogP contribution in [0.2, 0.25) is 0 Å². The lowest BCUT2D eigenvalue weighted by atomic mass is 10.1. The third kappa shape index (κ3) is 1.74. The molecular weight excluding hydrogens is 157 g/mol. The van der Waals surface area contributed by atoms with E-state index in [2.05, 4.69) is 5.32 Å². The number of halogens is 1. The zero-order valence-corrected chi connectivity index (χ0v) is 7.19. The number of hydrogen-bond donors (Lipinski definition) is 2. The van der Waals surface area contributed by atoms with Crippen molar-refractivity contribution < 1.29 is 9.50 Å². The molecule has 2 nitrogen and oxygen atoms in total. The number of phenolic OH excluding ortho intramolecular Hbond substituents is 1. The van der Waals surface area contributed by atoms with Crippen molar-refractivity contribution in [2.75, 3.05) is 7.05 Å². The maximum absolute atomic E-state index is 12.8. The van der Waals surface area contributed by atoms with Gasteiger partial charge in [-0.15, -0.1) is 0 Å². The van der Waals surface area contributed by atoms with Gasteiger partial charge in [0.25, 0.3) is 0 Å². The Morgan fingerprint density at radius 1 is 1.50 bits per heavy atom. The largest absolute Gasteiger partial charge is 0.505 e. The molecule has 0 saturated carbocycles. The molecule has 0 unspecified atom stereocenters. The van der Waals surface area contributed by atoms with E-state index in [1.807, 2.05) is 6.92 Å². The third-order valence-electron chi connectivity index (χ3n) is 1.77. The molecule has 0 fully saturated rings. The maximum Gasteiger partial charge on any atom is 0.165 e. The van der Waals surface area contributed by atoms with Crippen LogP contribution in [0.4, 0.5) is 4.39 Å². The Hall–Kier alpha value is -1.09. The minimum atomic E-state index is -0.564. The molecule has 12 heavy (non-hydrogen) atoms. The molecule has 1 aromatic rings. The highest BCUT2D eigenvalue weighted by atomic mass is 19.1. The normalized spacial score (nSPS) is 10.2. The van der Waals surface area contributed by atoms with Gasteiger partial charge in [0.05, 0.1) is 0 Å². The van der Waals surface area contributed by atoms with Crippen LogP contribution in [0, 0.1) is 12.7 Å². The molecule has 0 bridgehead atoms. The van der Waals surface area contributed by atoms with E-state index in [4.69, 9.17) is 5.11 Å². The standard InChI is InChI=1S/C9H12FNO/c1-6-3-9(12)8(10)4-7(6)5-11-2/h3-4,11-12H,5H2,1-2H3. The van der Waals surface area contributed by atoms with Crippen LogP contribution < -0.4 is 5.32 Å². The fraction of sp³-hybridized carbons (Fsp3) is 0.333. The Bertz CT molecular complexity index is 286. The molecule has 66 valence electrons. The summed E-state index contributed by atoms with van der Waals surface area (Å²) in [5.74, 6) is -0.849. The van der Waals surface area contributed by atoms with Gasteiger partial charge in [-0.25, -0.2) is 4.39 Å². The van der Waals surface area contributed by atoms with E-state index in [0.29, 0.717) is 6.54 Å². The Morgan fingerprint density at radius 3 is 2.75 bits per heavy atom. The Balaban J connectivity index is 3.05. The fourth-order valence-electron chi connectivity index (χ4n) is 1.09. The minimum Gasteiger partial charge on any atom is -0.505 e. The summed E-state index contributed by atoms with van der Waals surface area (Å²) < 4.78 is 12.8. The van der Waals surface area contributed by atoms with Gasteiger partial charge in [0.2, 0.25) is 0 Å². The van der Waals surface area contributed by atoms with Gasteiger partial charge in [-0.3, -0.25) is 0 Å². The van der Waals surface area contributed by atoms with Gasteiger partial charge in [0.15, 0.2) is 11.6 Å². The molecular formula is C9H12FNO. The summed E-state index contributed by atoms with van der Waals surface area (Å²) in [7, 11) is 1.80. The highest BCUT2D eigenvalue weighted by Crippen LogP contribution is 2.20. The SMILES string of the molecule is CNCc1cc(F)c(O)cc1C. The summed E-state index contributed by atoms with van der Waals surface area (Å²) in [5.41, 5.74) is 1.76. The van der Waals surface area contributed by atoms with E-state index in [1.54, 1.807) is 7.05 Å². The number of phenols is 1. The van der Waals surface area contributed by atoms with Crippen LogP contribution in [0.15, 0.2) is 12.1 Å². The molecule has 0 heterocycles. The van der Waals surface area contributed by atoms with Crippen molar-refractivity contribution in [1.82, 2.24) is 5.32 Å². The van der Waals surface area contributed by atoms with E-state index in [9.17, 15) is 4.39 Å². The second-order valence-electron chi connectivity index (χ2n) is 2.76. The maximum atomic E-state index is 12.8. The number of rotatable bonds is 2. The second kappa shape index (κ2) is 3.54. The minimum absolute atomic E-state index is 0.285. The first-order chi connectivity index (χ1) is 5.65. The van der Waals surface area contributed by atoms with Gasteiger partial charge in [-0.05, 0) is 37.2 Å².